The van der Waals surface area contributed by atoms with Crippen molar-refractivity contribution in [1.82, 2.24) is 30.0 Å². The van der Waals surface area contributed by atoms with E-state index >= 15 is 0 Å². The molecule has 0 unspecified atom stereocenters. The van der Waals surface area contributed by atoms with Gasteiger partial charge in [0.2, 0.25) is 11.8 Å². The highest BCUT2D eigenvalue weighted by atomic mass is 35.5. The van der Waals surface area contributed by atoms with Crippen molar-refractivity contribution >= 4 is 34.9 Å². The highest BCUT2D eigenvalue weighted by molar-refractivity contribution is 6.31. The summed E-state index contributed by atoms with van der Waals surface area (Å²) in [5, 5.41) is 15.8. The second-order valence-electron chi connectivity index (χ2n) is 8.17. The maximum Gasteiger partial charge on any atom is 0.227 e. The largest absolute Gasteiger partial charge is 0.352 e. The molecule has 32 heavy (non-hydrogen) atoms. The number of aromatic nitrogens is 4. The number of amides is 2. The number of carbonyl (C=O) groups excluding carboxylic acids is 2. The third-order valence-electron chi connectivity index (χ3n) is 5.55. The van der Waals surface area contributed by atoms with E-state index in [0.717, 1.165) is 16.9 Å². The molecule has 1 N–H and O–H groups in total. The molecule has 3 aromatic rings. The minimum Gasteiger partial charge on any atom is -0.352 e. The Morgan fingerprint density at radius 3 is 2.66 bits per heavy atom. The SMILES string of the molecule is CC(C)C(=O)NCc1cc(CC(=O)N2CCN(c3ccc4nncn4n3)CC2)ccc1Cl. The molecule has 0 saturated carbocycles. The summed E-state index contributed by atoms with van der Waals surface area (Å²) >= 11 is 6.28. The number of carbonyl (C=O) groups is 2. The molecular formula is C22H26ClN7O2. The average molecular weight is 456 g/mol. The fraction of sp³-hybridized carbons (Fsp3) is 0.409. The Morgan fingerprint density at radius 2 is 1.91 bits per heavy atom. The molecule has 1 aromatic carbocycles. The van der Waals surface area contributed by atoms with E-state index in [1.807, 2.05) is 43.0 Å². The van der Waals surface area contributed by atoms with Crippen LogP contribution in [0.2, 0.25) is 5.02 Å². The summed E-state index contributed by atoms with van der Waals surface area (Å²) in [6.45, 7) is 6.71. The normalized spacial score (nSPS) is 14.2. The van der Waals surface area contributed by atoms with Crippen LogP contribution < -0.4 is 10.2 Å². The van der Waals surface area contributed by atoms with Crippen LogP contribution in [-0.4, -0.2) is 62.7 Å². The first kappa shape index (κ1) is 22.0. The van der Waals surface area contributed by atoms with E-state index in [9.17, 15) is 9.59 Å². The maximum absolute atomic E-state index is 12.9. The molecule has 0 bridgehead atoms. The summed E-state index contributed by atoms with van der Waals surface area (Å²) in [7, 11) is 0. The summed E-state index contributed by atoms with van der Waals surface area (Å²) in [4.78, 5) is 28.7. The van der Waals surface area contributed by atoms with Gasteiger partial charge in [-0.3, -0.25) is 9.59 Å². The quantitative estimate of drug-likeness (QED) is 0.610. The molecule has 1 saturated heterocycles. The lowest BCUT2D eigenvalue weighted by Crippen LogP contribution is -2.49. The second kappa shape index (κ2) is 9.52. The van der Waals surface area contributed by atoms with Gasteiger partial charge in [0.05, 0.1) is 6.42 Å². The van der Waals surface area contributed by atoms with Crippen molar-refractivity contribution in [2.24, 2.45) is 5.92 Å². The van der Waals surface area contributed by atoms with Crippen LogP contribution in [0.1, 0.15) is 25.0 Å². The lowest BCUT2D eigenvalue weighted by molar-refractivity contribution is -0.130. The molecule has 0 aliphatic carbocycles. The fourth-order valence-corrected chi connectivity index (χ4v) is 3.80. The van der Waals surface area contributed by atoms with Crippen LogP contribution in [0.5, 0.6) is 0 Å². The Kier molecular flexibility index (Phi) is 6.55. The monoisotopic (exact) mass is 455 g/mol. The van der Waals surface area contributed by atoms with E-state index in [4.69, 9.17) is 11.6 Å². The molecule has 1 fully saturated rings. The van der Waals surface area contributed by atoms with Crippen molar-refractivity contribution in [2.45, 2.75) is 26.8 Å². The van der Waals surface area contributed by atoms with Gasteiger partial charge in [0, 0.05) is 43.7 Å². The third kappa shape index (κ3) is 4.99. The second-order valence-corrected chi connectivity index (χ2v) is 8.58. The van der Waals surface area contributed by atoms with Gasteiger partial charge in [0.25, 0.3) is 0 Å². The van der Waals surface area contributed by atoms with Gasteiger partial charge in [-0.2, -0.15) is 4.52 Å². The number of nitrogens with zero attached hydrogens (tertiary/aromatic N) is 6. The Labute approximate surface area is 191 Å². The van der Waals surface area contributed by atoms with Crippen LogP contribution >= 0.6 is 11.6 Å². The van der Waals surface area contributed by atoms with Gasteiger partial charge in [-0.05, 0) is 29.3 Å². The Bertz CT molecular complexity index is 1120. The molecular weight excluding hydrogens is 430 g/mol. The number of piperazine rings is 1. The summed E-state index contributed by atoms with van der Waals surface area (Å²) in [6.07, 6.45) is 1.88. The minimum absolute atomic E-state index is 0.0293. The van der Waals surface area contributed by atoms with E-state index < -0.39 is 0 Å². The smallest absolute Gasteiger partial charge is 0.227 e. The number of hydrogen-bond donors (Lipinski definition) is 1. The highest BCUT2D eigenvalue weighted by Crippen LogP contribution is 2.19. The van der Waals surface area contributed by atoms with E-state index in [0.29, 0.717) is 49.8 Å². The third-order valence-corrected chi connectivity index (χ3v) is 5.92. The maximum atomic E-state index is 12.9. The lowest BCUT2D eigenvalue weighted by Gasteiger charge is -2.35. The van der Waals surface area contributed by atoms with Crippen LogP contribution in [0.4, 0.5) is 5.82 Å². The molecule has 10 heteroatoms. The van der Waals surface area contributed by atoms with Gasteiger partial charge < -0.3 is 15.1 Å². The molecule has 1 aliphatic heterocycles. The number of anilines is 1. The minimum atomic E-state index is -0.0917. The van der Waals surface area contributed by atoms with Crippen LogP contribution in [-0.2, 0) is 22.6 Å². The summed E-state index contributed by atoms with van der Waals surface area (Å²) in [5.74, 6) is 0.797. The van der Waals surface area contributed by atoms with Crippen molar-refractivity contribution in [1.29, 1.82) is 0 Å². The van der Waals surface area contributed by atoms with Crippen LogP contribution in [0.25, 0.3) is 5.65 Å². The molecule has 0 spiro atoms. The van der Waals surface area contributed by atoms with Crippen molar-refractivity contribution in [3.63, 3.8) is 0 Å². The summed E-state index contributed by atoms with van der Waals surface area (Å²) in [5.41, 5.74) is 2.40. The van der Waals surface area contributed by atoms with Gasteiger partial charge >= 0.3 is 0 Å². The molecule has 168 valence electrons. The predicted octanol–water partition coefficient (Wildman–Crippen LogP) is 1.94. The fourth-order valence-electron chi connectivity index (χ4n) is 3.62. The highest BCUT2D eigenvalue weighted by Gasteiger charge is 2.22. The van der Waals surface area contributed by atoms with E-state index in [2.05, 4.69) is 25.5 Å². The van der Waals surface area contributed by atoms with E-state index in [1.54, 1.807) is 16.9 Å². The molecule has 0 radical (unpaired) electrons. The Hall–Kier alpha value is -3.20. The van der Waals surface area contributed by atoms with Gasteiger partial charge in [-0.15, -0.1) is 15.3 Å². The first-order valence-electron chi connectivity index (χ1n) is 10.7. The summed E-state index contributed by atoms with van der Waals surface area (Å²) < 4.78 is 1.65. The van der Waals surface area contributed by atoms with Crippen molar-refractivity contribution < 1.29 is 9.59 Å². The molecule has 2 amide bonds. The molecule has 4 rings (SSSR count). The van der Waals surface area contributed by atoms with Crippen molar-refractivity contribution in [3.8, 4) is 0 Å². The number of halogens is 1. The first-order chi connectivity index (χ1) is 15.4. The molecule has 1 aliphatic rings. The van der Waals surface area contributed by atoms with Crippen LogP contribution in [0, 0.1) is 5.92 Å². The average Bonchev–Trinajstić information content (AvgIpc) is 3.27. The van der Waals surface area contributed by atoms with Crippen molar-refractivity contribution in [2.75, 3.05) is 31.1 Å². The van der Waals surface area contributed by atoms with E-state index in [1.165, 1.54) is 0 Å². The zero-order valence-corrected chi connectivity index (χ0v) is 18.9. The van der Waals surface area contributed by atoms with Gasteiger partial charge in [0.15, 0.2) is 5.65 Å². The molecule has 2 aromatic heterocycles. The first-order valence-corrected chi connectivity index (χ1v) is 11.0. The number of benzene rings is 1. The lowest BCUT2D eigenvalue weighted by atomic mass is 10.1. The van der Waals surface area contributed by atoms with Gasteiger partial charge in [-0.1, -0.05) is 37.6 Å². The van der Waals surface area contributed by atoms with E-state index in [-0.39, 0.29) is 17.7 Å². The van der Waals surface area contributed by atoms with Gasteiger partial charge in [0.1, 0.15) is 12.1 Å². The number of rotatable bonds is 6. The number of nitrogens with one attached hydrogen (secondary N) is 1. The number of hydrogen-bond acceptors (Lipinski definition) is 6. The number of fused-ring (bicyclic) bond motifs is 1. The van der Waals surface area contributed by atoms with Gasteiger partial charge in [-0.25, -0.2) is 0 Å². The predicted molar refractivity (Wildman–Crippen MR) is 121 cm³/mol. The topological polar surface area (TPSA) is 95.7 Å². The van der Waals surface area contributed by atoms with Crippen LogP contribution in [0.3, 0.4) is 0 Å². The standard InChI is InChI=1S/C22H26ClN7O2/c1-15(2)22(32)24-13-17-11-16(3-4-18(17)23)12-21(31)29-9-7-28(8-10-29)20-6-5-19-26-25-14-30(19)27-20/h3-6,11,14-15H,7-10,12-13H2,1-2H3,(H,24,32). The Morgan fingerprint density at radius 1 is 1.12 bits per heavy atom. The summed E-state index contributed by atoms with van der Waals surface area (Å²) in [6, 6.07) is 9.35. The molecule has 3 heterocycles. The Balaban J connectivity index is 1.33. The molecule has 0 atom stereocenters. The van der Waals surface area contributed by atoms with Crippen LogP contribution in [0.15, 0.2) is 36.7 Å². The van der Waals surface area contributed by atoms with Crippen molar-refractivity contribution in [3.05, 3.63) is 52.8 Å². The zero-order valence-electron chi connectivity index (χ0n) is 18.2. The molecule has 9 nitrogen and oxygen atoms in total. The zero-order chi connectivity index (χ0) is 22.7.